The van der Waals surface area contributed by atoms with Crippen LogP contribution in [0.3, 0.4) is 0 Å². The molecule has 3 rings (SSSR count). The number of fused-ring (bicyclic) bond motifs is 1. The molecule has 1 atom stereocenters. The molecule has 1 saturated heterocycles. The standard InChI is InChI=1S/C14H13ClN2O3S/c15-11-5-1-3-9-4-2-6-12(14(9)11)17-8-10(7-13(17)18)21(16,19)20/h1-6,10H,7-8H2,(H2,16,19,20). The van der Waals surface area contributed by atoms with Crippen molar-refractivity contribution in [1.82, 2.24) is 0 Å². The Morgan fingerprint density at radius 3 is 2.48 bits per heavy atom. The van der Waals surface area contributed by atoms with Crippen LogP contribution in [0.25, 0.3) is 10.8 Å². The molecule has 2 aromatic carbocycles. The van der Waals surface area contributed by atoms with Crippen molar-refractivity contribution in [3.63, 3.8) is 0 Å². The van der Waals surface area contributed by atoms with Crippen molar-refractivity contribution >= 4 is 44.0 Å². The van der Waals surface area contributed by atoms with Crippen LogP contribution in [-0.2, 0) is 14.8 Å². The number of carbonyl (C=O) groups is 1. The second kappa shape index (κ2) is 4.98. The first-order valence-corrected chi connectivity index (χ1v) is 8.36. The molecular formula is C14H13ClN2O3S. The molecule has 21 heavy (non-hydrogen) atoms. The van der Waals surface area contributed by atoms with Gasteiger partial charge >= 0.3 is 0 Å². The topological polar surface area (TPSA) is 80.5 Å². The number of nitrogens with two attached hydrogens (primary N) is 1. The Kier molecular flexibility index (Phi) is 3.39. The van der Waals surface area contributed by atoms with E-state index >= 15 is 0 Å². The zero-order valence-corrected chi connectivity index (χ0v) is 12.6. The summed E-state index contributed by atoms with van der Waals surface area (Å²) in [4.78, 5) is 13.6. The van der Waals surface area contributed by atoms with Gasteiger partial charge in [-0.15, -0.1) is 0 Å². The highest BCUT2D eigenvalue weighted by Crippen LogP contribution is 2.35. The van der Waals surface area contributed by atoms with Crippen LogP contribution in [0.1, 0.15) is 6.42 Å². The predicted molar refractivity (Wildman–Crippen MR) is 82.8 cm³/mol. The van der Waals surface area contributed by atoms with Gasteiger partial charge in [-0.25, -0.2) is 13.6 Å². The lowest BCUT2D eigenvalue weighted by atomic mass is 10.1. The molecule has 1 amide bonds. The van der Waals surface area contributed by atoms with Gasteiger partial charge in [-0.1, -0.05) is 35.9 Å². The number of anilines is 1. The Labute approximate surface area is 127 Å². The molecule has 5 nitrogen and oxygen atoms in total. The number of amides is 1. The van der Waals surface area contributed by atoms with Crippen molar-refractivity contribution in [3.05, 3.63) is 41.4 Å². The fourth-order valence-corrected chi connectivity index (χ4v) is 3.64. The lowest BCUT2D eigenvalue weighted by Gasteiger charge is -2.19. The van der Waals surface area contributed by atoms with E-state index in [1.54, 1.807) is 12.1 Å². The van der Waals surface area contributed by atoms with Crippen molar-refractivity contribution in [3.8, 4) is 0 Å². The smallest absolute Gasteiger partial charge is 0.228 e. The Hall–Kier alpha value is -1.63. The molecule has 1 fully saturated rings. The summed E-state index contributed by atoms with van der Waals surface area (Å²) >= 11 is 6.23. The van der Waals surface area contributed by atoms with Crippen LogP contribution in [0.15, 0.2) is 36.4 Å². The number of primary sulfonamides is 1. The Morgan fingerprint density at radius 2 is 1.86 bits per heavy atom. The van der Waals surface area contributed by atoms with Crippen molar-refractivity contribution < 1.29 is 13.2 Å². The number of hydrogen-bond acceptors (Lipinski definition) is 3. The maximum absolute atomic E-state index is 12.1. The molecular weight excluding hydrogens is 312 g/mol. The average Bonchev–Trinajstić information content (AvgIpc) is 2.80. The molecule has 1 aliphatic rings. The fraction of sp³-hybridized carbons (Fsp3) is 0.214. The molecule has 1 heterocycles. The maximum atomic E-state index is 12.1. The fourth-order valence-electron chi connectivity index (χ4n) is 2.63. The van der Waals surface area contributed by atoms with Gasteiger partial charge in [0.15, 0.2) is 0 Å². The molecule has 2 N–H and O–H groups in total. The third-order valence-corrected chi connectivity index (χ3v) is 5.24. The Bertz CT molecular complexity index is 830. The Morgan fingerprint density at radius 1 is 1.19 bits per heavy atom. The summed E-state index contributed by atoms with van der Waals surface area (Å²) in [5, 5.41) is 6.44. The molecule has 0 bridgehead atoms. The summed E-state index contributed by atoms with van der Waals surface area (Å²) < 4.78 is 22.9. The summed E-state index contributed by atoms with van der Waals surface area (Å²) in [5.41, 5.74) is 0.620. The molecule has 0 radical (unpaired) electrons. The van der Waals surface area contributed by atoms with Crippen LogP contribution in [0.5, 0.6) is 0 Å². The average molecular weight is 325 g/mol. The van der Waals surface area contributed by atoms with Crippen molar-refractivity contribution in [2.45, 2.75) is 11.7 Å². The SMILES string of the molecule is NS(=O)(=O)C1CC(=O)N(c2cccc3cccc(Cl)c23)C1. The van der Waals surface area contributed by atoms with E-state index in [0.717, 1.165) is 10.8 Å². The highest BCUT2D eigenvalue weighted by Gasteiger charge is 2.37. The largest absolute Gasteiger partial charge is 0.310 e. The van der Waals surface area contributed by atoms with Gasteiger partial charge in [0.1, 0.15) is 5.25 Å². The van der Waals surface area contributed by atoms with E-state index in [-0.39, 0.29) is 18.9 Å². The minimum Gasteiger partial charge on any atom is -0.310 e. The summed E-state index contributed by atoms with van der Waals surface area (Å²) in [6.45, 7) is 0.0575. The number of hydrogen-bond donors (Lipinski definition) is 1. The summed E-state index contributed by atoms with van der Waals surface area (Å²) in [5.74, 6) is -0.263. The molecule has 0 aliphatic carbocycles. The van der Waals surface area contributed by atoms with E-state index in [9.17, 15) is 13.2 Å². The first-order valence-electron chi connectivity index (χ1n) is 6.37. The zero-order valence-electron chi connectivity index (χ0n) is 11.0. The van der Waals surface area contributed by atoms with E-state index in [1.165, 1.54) is 4.90 Å². The maximum Gasteiger partial charge on any atom is 0.228 e. The third kappa shape index (κ3) is 2.50. The van der Waals surface area contributed by atoms with E-state index in [2.05, 4.69) is 0 Å². The molecule has 2 aromatic rings. The molecule has 7 heteroatoms. The minimum absolute atomic E-state index is 0.0575. The van der Waals surface area contributed by atoms with Gasteiger partial charge in [0.2, 0.25) is 15.9 Å². The lowest BCUT2D eigenvalue weighted by molar-refractivity contribution is -0.117. The summed E-state index contributed by atoms with van der Waals surface area (Å²) in [6.07, 6.45) is -0.0975. The first kappa shape index (κ1) is 14.3. The Balaban J connectivity index is 2.12. The zero-order chi connectivity index (χ0) is 15.2. The van der Waals surface area contributed by atoms with Gasteiger partial charge in [-0.3, -0.25) is 4.79 Å². The van der Waals surface area contributed by atoms with E-state index < -0.39 is 15.3 Å². The second-order valence-electron chi connectivity index (χ2n) is 5.03. The van der Waals surface area contributed by atoms with E-state index in [1.807, 2.05) is 24.3 Å². The molecule has 1 aliphatic heterocycles. The quantitative estimate of drug-likeness (QED) is 0.916. The van der Waals surface area contributed by atoms with Crippen molar-refractivity contribution in [2.24, 2.45) is 5.14 Å². The van der Waals surface area contributed by atoms with E-state index in [4.69, 9.17) is 16.7 Å². The molecule has 0 aromatic heterocycles. The molecule has 1 unspecified atom stereocenters. The lowest BCUT2D eigenvalue weighted by Crippen LogP contribution is -2.32. The number of carbonyl (C=O) groups excluding carboxylic acids is 1. The van der Waals surface area contributed by atoms with Gasteiger partial charge in [0.05, 0.1) is 10.7 Å². The van der Waals surface area contributed by atoms with Gasteiger partial charge in [0, 0.05) is 18.4 Å². The summed E-state index contributed by atoms with van der Waals surface area (Å²) in [7, 11) is -3.74. The minimum atomic E-state index is -3.74. The number of halogens is 1. The normalized spacial score (nSPS) is 19.4. The van der Waals surface area contributed by atoms with Crippen LogP contribution in [0.4, 0.5) is 5.69 Å². The number of nitrogens with zero attached hydrogens (tertiary/aromatic N) is 1. The number of rotatable bonds is 2. The van der Waals surface area contributed by atoms with Crippen LogP contribution in [0.2, 0.25) is 5.02 Å². The van der Waals surface area contributed by atoms with Crippen molar-refractivity contribution in [1.29, 1.82) is 0 Å². The predicted octanol–water partition coefficient (Wildman–Crippen LogP) is 1.89. The highest BCUT2D eigenvalue weighted by atomic mass is 35.5. The highest BCUT2D eigenvalue weighted by molar-refractivity contribution is 7.89. The summed E-state index contributed by atoms with van der Waals surface area (Å²) in [6, 6.07) is 10.9. The van der Waals surface area contributed by atoms with Crippen LogP contribution >= 0.6 is 11.6 Å². The van der Waals surface area contributed by atoms with E-state index in [0.29, 0.717) is 10.7 Å². The van der Waals surface area contributed by atoms with Gasteiger partial charge in [-0.05, 0) is 17.5 Å². The number of sulfonamides is 1. The van der Waals surface area contributed by atoms with Crippen LogP contribution in [0, 0.1) is 0 Å². The van der Waals surface area contributed by atoms with Crippen LogP contribution in [-0.4, -0.2) is 26.1 Å². The monoisotopic (exact) mass is 324 g/mol. The number of benzene rings is 2. The van der Waals surface area contributed by atoms with Gasteiger partial charge in [0.25, 0.3) is 0 Å². The van der Waals surface area contributed by atoms with Gasteiger partial charge < -0.3 is 4.90 Å². The first-order chi connectivity index (χ1) is 9.88. The van der Waals surface area contributed by atoms with Gasteiger partial charge in [-0.2, -0.15) is 0 Å². The second-order valence-corrected chi connectivity index (χ2v) is 7.29. The molecule has 0 saturated carbocycles. The molecule has 110 valence electrons. The molecule has 0 spiro atoms. The van der Waals surface area contributed by atoms with Crippen molar-refractivity contribution in [2.75, 3.05) is 11.4 Å². The van der Waals surface area contributed by atoms with Crippen LogP contribution < -0.4 is 10.0 Å². The third-order valence-electron chi connectivity index (χ3n) is 3.68.